The van der Waals surface area contributed by atoms with E-state index in [1.54, 1.807) is 21.3 Å². The van der Waals surface area contributed by atoms with Gasteiger partial charge in [-0.3, -0.25) is 4.79 Å². The van der Waals surface area contributed by atoms with Gasteiger partial charge in [0, 0.05) is 7.05 Å². The van der Waals surface area contributed by atoms with E-state index in [0.717, 1.165) is 41.9 Å². The maximum atomic E-state index is 13.7. The van der Waals surface area contributed by atoms with E-state index in [0.29, 0.717) is 6.42 Å². The first-order valence-corrected chi connectivity index (χ1v) is 11.1. The quantitative estimate of drug-likeness (QED) is 0.573. The van der Waals surface area contributed by atoms with Crippen LogP contribution in [-0.4, -0.2) is 27.2 Å². The van der Waals surface area contributed by atoms with Gasteiger partial charge in [-0.25, -0.2) is 0 Å². The molecule has 0 saturated heterocycles. The van der Waals surface area contributed by atoms with Crippen molar-refractivity contribution in [2.75, 3.05) is 21.3 Å². The SMILES string of the molecule is CNC(=O)C(CC1CCCc2[c]cccc21)(c1ccc(OC)cc1)c1ccc(OC)cc1. The minimum Gasteiger partial charge on any atom is -0.497 e. The molecule has 165 valence electrons. The molecular formula is C28H30NO3. The average molecular weight is 429 g/mol. The second kappa shape index (κ2) is 9.47. The maximum Gasteiger partial charge on any atom is 0.234 e. The first kappa shape index (κ1) is 21.9. The van der Waals surface area contributed by atoms with Crippen LogP contribution in [0.4, 0.5) is 0 Å². The number of carbonyl (C=O) groups excluding carboxylic acids is 1. The molecule has 1 amide bonds. The first-order chi connectivity index (χ1) is 15.6. The zero-order valence-electron chi connectivity index (χ0n) is 19.0. The van der Waals surface area contributed by atoms with Crippen LogP contribution in [0.1, 0.15) is 47.4 Å². The predicted octanol–water partition coefficient (Wildman–Crippen LogP) is 5.05. The van der Waals surface area contributed by atoms with Crippen molar-refractivity contribution >= 4 is 5.91 Å². The third-order valence-corrected chi connectivity index (χ3v) is 6.73. The lowest BCUT2D eigenvalue weighted by molar-refractivity contribution is -0.125. The van der Waals surface area contributed by atoms with E-state index in [1.165, 1.54) is 11.1 Å². The van der Waals surface area contributed by atoms with Gasteiger partial charge in [0.1, 0.15) is 11.5 Å². The van der Waals surface area contributed by atoms with E-state index >= 15 is 0 Å². The van der Waals surface area contributed by atoms with E-state index in [2.05, 4.69) is 23.5 Å². The molecule has 0 aromatic heterocycles. The number of benzene rings is 3. The normalized spacial score (nSPS) is 15.5. The molecule has 1 aliphatic carbocycles. The smallest absolute Gasteiger partial charge is 0.234 e. The summed E-state index contributed by atoms with van der Waals surface area (Å²) in [6.07, 6.45) is 3.88. The number of nitrogens with one attached hydrogen (secondary N) is 1. The molecule has 0 bridgehead atoms. The number of aryl methyl sites for hydroxylation is 1. The molecule has 1 unspecified atom stereocenters. The van der Waals surface area contributed by atoms with Crippen LogP contribution in [0.15, 0.2) is 66.7 Å². The lowest BCUT2D eigenvalue weighted by atomic mass is 9.65. The van der Waals surface area contributed by atoms with E-state index in [-0.39, 0.29) is 11.8 Å². The third-order valence-electron chi connectivity index (χ3n) is 6.73. The van der Waals surface area contributed by atoms with Gasteiger partial charge in [0.25, 0.3) is 0 Å². The standard InChI is InChI=1S/C28H30NO3/c1-29-27(30)28(22-11-15-24(31-2)16-12-22,23-13-17-25(32-3)18-14-23)19-21-9-6-8-20-7-4-5-10-26(20)21/h4-5,10-18,21H,6,8-9,19H2,1-3H3,(H,29,30). The number of amides is 1. The highest BCUT2D eigenvalue weighted by molar-refractivity contribution is 5.92. The molecule has 0 saturated carbocycles. The van der Waals surface area contributed by atoms with Gasteiger partial charge in [-0.2, -0.15) is 0 Å². The van der Waals surface area contributed by atoms with Gasteiger partial charge in [-0.1, -0.05) is 42.5 Å². The fourth-order valence-electron chi connectivity index (χ4n) is 5.07. The Morgan fingerprint density at radius 3 is 2.12 bits per heavy atom. The highest BCUT2D eigenvalue weighted by Gasteiger charge is 2.44. The number of fused-ring (bicyclic) bond motifs is 1. The molecule has 0 aliphatic heterocycles. The lowest BCUT2D eigenvalue weighted by Crippen LogP contribution is -2.45. The van der Waals surface area contributed by atoms with E-state index in [4.69, 9.17) is 9.47 Å². The van der Waals surface area contributed by atoms with Crippen molar-refractivity contribution < 1.29 is 14.3 Å². The maximum absolute atomic E-state index is 13.7. The molecule has 4 heteroatoms. The summed E-state index contributed by atoms with van der Waals surface area (Å²) in [5.74, 6) is 1.79. The Kier molecular flexibility index (Phi) is 6.50. The topological polar surface area (TPSA) is 47.6 Å². The molecule has 4 nitrogen and oxygen atoms in total. The van der Waals surface area contributed by atoms with Crippen molar-refractivity contribution in [1.82, 2.24) is 5.32 Å². The number of ether oxygens (including phenoxy) is 2. The Labute approximate surface area is 190 Å². The van der Waals surface area contributed by atoms with Gasteiger partial charge in [0.15, 0.2) is 0 Å². The number of likely N-dealkylation sites (N-methyl/N-ethyl adjacent to an activating group) is 1. The highest BCUT2D eigenvalue weighted by Crippen LogP contribution is 2.45. The molecule has 1 atom stereocenters. The fraction of sp³-hybridized carbons (Fsp3) is 0.321. The van der Waals surface area contributed by atoms with Crippen LogP contribution in [0.3, 0.4) is 0 Å². The minimum absolute atomic E-state index is 0.0140. The zero-order valence-corrected chi connectivity index (χ0v) is 19.0. The summed E-state index contributed by atoms with van der Waals surface area (Å²) in [5, 5.41) is 2.96. The molecular weight excluding hydrogens is 398 g/mol. The number of hydrogen-bond acceptors (Lipinski definition) is 3. The third kappa shape index (κ3) is 3.97. The van der Waals surface area contributed by atoms with E-state index in [1.807, 2.05) is 54.6 Å². The van der Waals surface area contributed by atoms with Crippen molar-refractivity contribution in [2.24, 2.45) is 0 Å². The van der Waals surface area contributed by atoms with Crippen LogP contribution < -0.4 is 14.8 Å². The van der Waals surface area contributed by atoms with E-state index < -0.39 is 5.41 Å². The van der Waals surface area contributed by atoms with Gasteiger partial charge in [0.2, 0.25) is 5.91 Å². The molecule has 32 heavy (non-hydrogen) atoms. The van der Waals surface area contributed by atoms with Crippen LogP contribution >= 0.6 is 0 Å². The number of carbonyl (C=O) groups is 1. The second-order valence-corrected chi connectivity index (χ2v) is 8.34. The molecule has 1 radical (unpaired) electrons. The molecule has 0 fully saturated rings. The Morgan fingerprint density at radius 1 is 1.00 bits per heavy atom. The van der Waals surface area contributed by atoms with Crippen molar-refractivity contribution in [3.63, 3.8) is 0 Å². The van der Waals surface area contributed by atoms with Crippen molar-refractivity contribution in [1.29, 1.82) is 0 Å². The Balaban J connectivity index is 1.88. The Hall–Kier alpha value is -3.27. The first-order valence-electron chi connectivity index (χ1n) is 11.1. The van der Waals surface area contributed by atoms with Gasteiger partial charge < -0.3 is 14.8 Å². The van der Waals surface area contributed by atoms with E-state index in [9.17, 15) is 4.79 Å². The van der Waals surface area contributed by atoms with Crippen LogP contribution in [0, 0.1) is 6.07 Å². The van der Waals surface area contributed by atoms with Gasteiger partial charge in [0.05, 0.1) is 19.6 Å². The lowest BCUT2D eigenvalue weighted by Gasteiger charge is -2.38. The zero-order chi connectivity index (χ0) is 22.6. The fourth-order valence-corrected chi connectivity index (χ4v) is 5.07. The number of rotatable bonds is 7. The van der Waals surface area contributed by atoms with Crippen LogP contribution in [0.25, 0.3) is 0 Å². The van der Waals surface area contributed by atoms with Crippen LogP contribution in [-0.2, 0) is 16.6 Å². The summed E-state index contributed by atoms with van der Waals surface area (Å²) in [6, 6.07) is 25.4. The second-order valence-electron chi connectivity index (χ2n) is 8.34. The summed E-state index contributed by atoms with van der Waals surface area (Å²) in [5.41, 5.74) is 3.65. The minimum atomic E-state index is -0.845. The van der Waals surface area contributed by atoms with Crippen molar-refractivity contribution in [2.45, 2.75) is 37.0 Å². The molecule has 1 aliphatic rings. The summed E-state index contributed by atoms with van der Waals surface area (Å²) < 4.78 is 10.8. The molecule has 0 spiro atoms. The summed E-state index contributed by atoms with van der Waals surface area (Å²) in [4.78, 5) is 13.7. The average Bonchev–Trinajstić information content (AvgIpc) is 2.87. The Morgan fingerprint density at radius 2 is 1.59 bits per heavy atom. The van der Waals surface area contributed by atoms with Crippen molar-refractivity contribution in [3.05, 3.63) is 95.1 Å². The number of methoxy groups -OCH3 is 2. The van der Waals surface area contributed by atoms with Crippen LogP contribution in [0.5, 0.6) is 11.5 Å². The van der Waals surface area contributed by atoms with Gasteiger partial charge >= 0.3 is 0 Å². The number of hydrogen-bond donors (Lipinski definition) is 1. The molecule has 3 aromatic rings. The largest absolute Gasteiger partial charge is 0.497 e. The molecule has 1 N–H and O–H groups in total. The van der Waals surface area contributed by atoms with Gasteiger partial charge in [-0.15, -0.1) is 0 Å². The highest BCUT2D eigenvalue weighted by atomic mass is 16.5. The predicted molar refractivity (Wildman–Crippen MR) is 126 cm³/mol. The Bertz CT molecular complexity index is 1010. The van der Waals surface area contributed by atoms with Crippen molar-refractivity contribution in [3.8, 4) is 11.5 Å². The van der Waals surface area contributed by atoms with Crippen LogP contribution in [0.2, 0.25) is 0 Å². The molecule has 4 rings (SSSR count). The molecule has 3 aromatic carbocycles. The van der Waals surface area contributed by atoms with Gasteiger partial charge in [-0.05, 0) is 84.2 Å². The summed E-state index contributed by atoms with van der Waals surface area (Å²) >= 11 is 0. The molecule has 0 heterocycles. The monoisotopic (exact) mass is 428 g/mol. The summed E-state index contributed by atoms with van der Waals surface area (Å²) in [6.45, 7) is 0. The summed E-state index contributed by atoms with van der Waals surface area (Å²) in [7, 11) is 5.02.